The van der Waals surface area contributed by atoms with Crippen LogP contribution in [0.15, 0.2) is 18.2 Å². The van der Waals surface area contributed by atoms with Crippen LogP contribution in [0.25, 0.3) is 0 Å². The molecule has 1 aromatic rings. The predicted molar refractivity (Wildman–Crippen MR) is 86.0 cm³/mol. The van der Waals surface area contributed by atoms with Crippen molar-refractivity contribution in [1.29, 1.82) is 0 Å². The molecule has 0 saturated carbocycles. The third-order valence-electron chi connectivity index (χ3n) is 3.36. The van der Waals surface area contributed by atoms with E-state index in [-0.39, 0.29) is 23.4 Å². The molecule has 120 valence electrons. The first-order chi connectivity index (χ1) is 9.89. The van der Waals surface area contributed by atoms with Gasteiger partial charge in [-0.1, -0.05) is 25.4 Å². The maximum absolute atomic E-state index is 14.0. The van der Waals surface area contributed by atoms with Crippen LogP contribution >= 0.6 is 11.6 Å². The highest BCUT2D eigenvalue weighted by atomic mass is 35.5. The topological polar surface area (TPSA) is 46.2 Å². The molecule has 0 aromatic heterocycles. The van der Waals surface area contributed by atoms with Crippen molar-refractivity contribution in [3.05, 3.63) is 34.6 Å². The second kappa shape index (κ2) is 8.71. The lowest BCUT2D eigenvalue weighted by Crippen LogP contribution is -2.24. The van der Waals surface area contributed by atoms with Gasteiger partial charge in [-0.3, -0.25) is 0 Å². The number of hydrogen-bond donors (Lipinski definition) is 1. The summed E-state index contributed by atoms with van der Waals surface area (Å²) in [5.41, 5.74) is 0.504. The van der Waals surface area contributed by atoms with Gasteiger partial charge in [0.15, 0.2) is 0 Å². The monoisotopic (exact) mass is 335 g/mol. The van der Waals surface area contributed by atoms with Crippen molar-refractivity contribution in [2.45, 2.75) is 39.2 Å². The lowest BCUT2D eigenvalue weighted by Gasteiger charge is -2.20. The first kappa shape index (κ1) is 18.4. The van der Waals surface area contributed by atoms with E-state index in [0.29, 0.717) is 23.4 Å². The average molecular weight is 336 g/mol. The lowest BCUT2D eigenvalue weighted by molar-refractivity contribution is 0.468. The Labute approximate surface area is 131 Å². The third-order valence-corrected chi connectivity index (χ3v) is 5.39. The van der Waals surface area contributed by atoms with Crippen molar-refractivity contribution in [2.24, 2.45) is 0 Å². The molecule has 6 heteroatoms. The van der Waals surface area contributed by atoms with E-state index in [9.17, 15) is 12.8 Å². The predicted octanol–water partition coefficient (Wildman–Crippen LogP) is 3.73. The van der Waals surface area contributed by atoms with Gasteiger partial charge in [0.05, 0.1) is 5.75 Å². The van der Waals surface area contributed by atoms with E-state index in [1.807, 2.05) is 6.92 Å². The summed E-state index contributed by atoms with van der Waals surface area (Å²) in [7, 11) is -2.98. The summed E-state index contributed by atoms with van der Waals surface area (Å²) in [6, 6.07) is 4.26. The van der Waals surface area contributed by atoms with Crippen LogP contribution in [0, 0.1) is 5.82 Å². The van der Waals surface area contributed by atoms with Crippen LogP contribution in [-0.2, 0) is 9.84 Å². The largest absolute Gasteiger partial charge is 0.310 e. The van der Waals surface area contributed by atoms with Gasteiger partial charge in [0.25, 0.3) is 0 Å². The Bertz CT molecular complexity index is 549. The molecule has 0 aliphatic heterocycles. The van der Waals surface area contributed by atoms with Gasteiger partial charge in [0.2, 0.25) is 0 Å². The number of benzene rings is 1. The van der Waals surface area contributed by atoms with Crippen LogP contribution in [0.2, 0.25) is 5.02 Å². The van der Waals surface area contributed by atoms with E-state index in [1.54, 1.807) is 13.0 Å². The van der Waals surface area contributed by atoms with Crippen LogP contribution in [0.4, 0.5) is 4.39 Å². The van der Waals surface area contributed by atoms with Crippen molar-refractivity contribution in [3.8, 4) is 0 Å². The molecule has 0 radical (unpaired) electrons. The molecule has 0 saturated heterocycles. The minimum atomic E-state index is -2.98. The molecule has 1 N–H and O–H groups in total. The molecular weight excluding hydrogens is 313 g/mol. The number of sulfone groups is 1. The van der Waals surface area contributed by atoms with Crippen molar-refractivity contribution in [2.75, 3.05) is 18.1 Å². The molecule has 0 aliphatic rings. The Morgan fingerprint density at radius 3 is 2.67 bits per heavy atom. The average Bonchev–Trinajstić information content (AvgIpc) is 2.45. The number of rotatable bonds is 9. The van der Waals surface area contributed by atoms with Gasteiger partial charge in [-0.15, -0.1) is 0 Å². The molecular formula is C15H23ClFNO2S. The zero-order valence-corrected chi connectivity index (χ0v) is 14.1. The van der Waals surface area contributed by atoms with Crippen molar-refractivity contribution in [1.82, 2.24) is 5.32 Å². The highest BCUT2D eigenvalue weighted by Gasteiger charge is 2.17. The first-order valence-electron chi connectivity index (χ1n) is 7.28. The first-order valence-corrected chi connectivity index (χ1v) is 9.48. The molecule has 3 nitrogen and oxygen atoms in total. The molecule has 0 aliphatic carbocycles. The lowest BCUT2D eigenvalue weighted by atomic mass is 10.0. The van der Waals surface area contributed by atoms with Crippen LogP contribution in [0.5, 0.6) is 0 Å². The van der Waals surface area contributed by atoms with E-state index in [0.717, 1.165) is 13.0 Å². The van der Waals surface area contributed by atoms with E-state index in [2.05, 4.69) is 5.32 Å². The molecule has 21 heavy (non-hydrogen) atoms. The fraction of sp³-hybridized carbons (Fsp3) is 0.600. The Hall–Kier alpha value is -0.650. The van der Waals surface area contributed by atoms with Crippen LogP contribution in [0.1, 0.15) is 44.7 Å². The number of halogens is 2. The molecule has 0 bridgehead atoms. The van der Waals surface area contributed by atoms with Crippen molar-refractivity contribution >= 4 is 21.4 Å². The van der Waals surface area contributed by atoms with Gasteiger partial charge >= 0.3 is 0 Å². The molecule has 1 rings (SSSR count). The molecule has 0 amide bonds. The van der Waals surface area contributed by atoms with Crippen LogP contribution < -0.4 is 5.32 Å². The highest BCUT2D eigenvalue weighted by molar-refractivity contribution is 7.91. The van der Waals surface area contributed by atoms with E-state index in [4.69, 9.17) is 11.6 Å². The summed E-state index contributed by atoms with van der Waals surface area (Å²) >= 11 is 5.93. The maximum atomic E-state index is 14.0. The summed E-state index contributed by atoms with van der Waals surface area (Å²) in [5, 5.41) is 3.75. The normalized spacial score (nSPS) is 13.3. The van der Waals surface area contributed by atoms with E-state index < -0.39 is 9.84 Å². The third kappa shape index (κ3) is 6.32. The van der Waals surface area contributed by atoms with Gasteiger partial charge in [0.1, 0.15) is 15.7 Å². The van der Waals surface area contributed by atoms with Gasteiger partial charge in [-0.2, -0.15) is 0 Å². The molecule has 1 unspecified atom stereocenters. The maximum Gasteiger partial charge on any atom is 0.150 e. The Morgan fingerprint density at radius 2 is 2.05 bits per heavy atom. The van der Waals surface area contributed by atoms with Crippen LogP contribution in [-0.4, -0.2) is 26.5 Å². The van der Waals surface area contributed by atoms with Gasteiger partial charge in [-0.05, 0) is 44.0 Å². The summed E-state index contributed by atoms with van der Waals surface area (Å²) in [6.45, 7) is 4.41. The zero-order valence-electron chi connectivity index (χ0n) is 12.5. The van der Waals surface area contributed by atoms with Gasteiger partial charge in [-0.25, -0.2) is 12.8 Å². The summed E-state index contributed by atoms with van der Waals surface area (Å²) in [6.07, 6.45) is 1.99. The van der Waals surface area contributed by atoms with Crippen molar-refractivity contribution < 1.29 is 12.8 Å². The van der Waals surface area contributed by atoms with Crippen molar-refractivity contribution in [3.63, 3.8) is 0 Å². The minimum Gasteiger partial charge on any atom is -0.310 e. The number of nitrogens with one attached hydrogen (secondary N) is 1. The molecule has 1 atom stereocenters. The molecule has 0 spiro atoms. The highest BCUT2D eigenvalue weighted by Crippen LogP contribution is 2.25. The Kier molecular flexibility index (Phi) is 7.63. The fourth-order valence-electron chi connectivity index (χ4n) is 2.12. The number of hydrogen-bond acceptors (Lipinski definition) is 3. The fourth-order valence-corrected chi connectivity index (χ4v) is 3.20. The Balaban J connectivity index is 2.78. The SMILES string of the molecule is CCCNC(CCCS(=O)(=O)CC)c1cc(Cl)ccc1F. The second-order valence-electron chi connectivity index (χ2n) is 5.05. The minimum absolute atomic E-state index is 0.135. The second-order valence-corrected chi connectivity index (χ2v) is 7.96. The molecule has 1 aromatic carbocycles. The Morgan fingerprint density at radius 1 is 1.33 bits per heavy atom. The van der Waals surface area contributed by atoms with Gasteiger partial charge in [0, 0.05) is 22.4 Å². The smallest absolute Gasteiger partial charge is 0.150 e. The van der Waals surface area contributed by atoms with Gasteiger partial charge < -0.3 is 5.32 Å². The summed E-state index contributed by atoms with van der Waals surface area (Å²) in [5.74, 6) is -0.0342. The summed E-state index contributed by atoms with van der Waals surface area (Å²) < 4.78 is 37.0. The van der Waals surface area contributed by atoms with E-state index in [1.165, 1.54) is 12.1 Å². The van der Waals surface area contributed by atoms with E-state index >= 15 is 0 Å². The quantitative estimate of drug-likeness (QED) is 0.747. The zero-order chi connectivity index (χ0) is 15.9. The standard InChI is InChI=1S/C15H23ClFNO2S/c1-3-9-18-15(6-5-10-21(19,20)4-2)13-11-12(16)7-8-14(13)17/h7-8,11,15,18H,3-6,9-10H2,1-2H3. The molecule has 0 heterocycles. The summed E-state index contributed by atoms with van der Waals surface area (Å²) in [4.78, 5) is 0. The van der Waals surface area contributed by atoms with Crippen LogP contribution in [0.3, 0.4) is 0 Å². The molecule has 0 fully saturated rings.